The van der Waals surface area contributed by atoms with Crippen molar-refractivity contribution < 1.29 is 24.2 Å². The maximum absolute atomic E-state index is 13.0. The SMILES string of the molecule is O=C1c2ccccc2C(=O)N1c1ccc(C2OC(CN3CCN(Cc4ccccc4)CC3)CC(c3ccc(CO)cc3)O2)cc1. The smallest absolute Gasteiger partial charge is 0.266 e. The summed E-state index contributed by atoms with van der Waals surface area (Å²) in [5, 5.41) is 9.53. The molecule has 4 aromatic carbocycles. The van der Waals surface area contributed by atoms with Gasteiger partial charge in [-0.1, -0.05) is 78.9 Å². The summed E-state index contributed by atoms with van der Waals surface area (Å²) in [7, 11) is 0. The van der Waals surface area contributed by atoms with E-state index in [1.807, 2.05) is 36.4 Å². The zero-order valence-electron chi connectivity index (χ0n) is 25.1. The van der Waals surface area contributed by atoms with Crippen molar-refractivity contribution in [1.82, 2.24) is 9.80 Å². The van der Waals surface area contributed by atoms with E-state index in [4.69, 9.17) is 9.47 Å². The number of imide groups is 1. The highest BCUT2D eigenvalue weighted by molar-refractivity contribution is 6.34. The number of carbonyl (C=O) groups is 2. The Kier molecular flexibility index (Phi) is 8.56. The normalized spacial score (nSPS) is 22.5. The molecule has 7 rings (SSSR count). The number of aliphatic hydroxyl groups is 1. The van der Waals surface area contributed by atoms with Crippen molar-refractivity contribution in [1.29, 1.82) is 0 Å². The lowest BCUT2D eigenvalue weighted by Gasteiger charge is -2.40. The van der Waals surface area contributed by atoms with Crippen LogP contribution >= 0.6 is 0 Å². The minimum absolute atomic E-state index is 0.00410. The molecule has 2 amide bonds. The molecular weight excluding hydrogens is 566 g/mol. The van der Waals surface area contributed by atoms with Crippen LogP contribution in [0.15, 0.2) is 103 Å². The van der Waals surface area contributed by atoms with E-state index in [2.05, 4.69) is 40.1 Å². The summed E-state index contributed by atoms with van der Waals surface area (Å²) in [6.45, 7) is 5.73. The molecule has 0 saturated carbocycles. The second-order valence-corrected chi connectivity index (χ2v) is 12.0. The molecule has 1 N–H and O–H groups in total. The highest BCUT2D eigenvalue weighted by atomic mass is 16.7. The monoisotopic (exact) mass is 603 g/mol. The van der Waals surface area contributed by atoms with Gasteiger partial charge in [0.25, 0.3) is 11.8 Å². The Morgan fingerprint density at radius 2 is 1.24 bits per heavy atom. The van der Waals surface area contributed by atoms with Gasteiger partial charge in [0.1, 0.15) is 0 Å². The van der Waals surface area contributed by atoms with Gasteiger partial charge in [0.2, 0.25) is 0 Å². The number of piperazine rings is 1. The molecule has 4 aromatic rings. The van der Waals surface area contributed by atoms with Crippen LogP contribution in [0.1, 0.15) is 61.8 Å². The lowest BCUT2D eigenvalue weighted by atomic mass is 9.99. The second-order valence-electron chi connectivity index (χ2n) is 12.0. The number of hydrogen-bond acceptors (Lipinski definition) is 7. The molecule has 45 heavy (non-hydrogen) atoms. The van der Waals surface area contributed by atoms with Gasteiger partial charge in [-0.15, -0.1) is 0 Å². The molecule has 2 fully saturated rings. The summed E-state index contributed by atoms with van der Waals surface area (Å²) in [4.78, 5) is 32.2. The highest BCUT2D eigenvalue weighted by Gasteiger charge is 2.37. The number of ether oxygens (including phenoxy) is 2. The van der Waals surface area contributed by atoms with E-state index in [9.17, 15) is 14.7 Å². The van der Waals surface area contributed by atoms with Crippen LogP contribution < -0.4 is 4.90 Å². The van der Waals surface area contributed by atoms with Crippen LogP contribution in [0.4, 0.5) is 5.69 Å². The molecule has 230 valence electrons. The third-order valence-electron chi connectivity index (χ3n) is 9.01. The number of amides is 2. The van der Waals surface area contributed by atoms with Crippen LogP contribution in [0.3, 0.4) is 0 Å². The number of benzene rings is 4. The maximum atomic E-state index is 13.0. The van der Waals surface area contributed by atoms with Crippen molar-refractivity contribution in [3.05, 3.63) is 137 Å². The fourth-order valence-electron chi connectivity index (χ4n) is 6.50. The fourth-order valence-corrected chi connectivity index (χ4v) is 6.50. The van der Waals surface area contributed by atoms with Gasteiger partial charge in [-0.3, -0.25) is 19.4 Å². The summed E-state index contributed by atoms with van der Waals surface area (Å²) < 4.78 is 13.1. The Morgan fingerprint density at radius 1 is 0.644 bits per heavy atom. The van der Waals surface area contributed by atoms with Crippen molar-refractivity contribution in [3.8, 4) is 0 Å². The third-order valence-corrected chi connectivity index (χ3v) is 9.01. The topological polar surface area (TPSA) is 82.6 Å². The largest absolute Gasteiger partial charge is 0.392 e. The molecule has 3 aliphatic rings. The van der Waals surface area contributed by atoms with Gasteiger partial charge in [-0.25, -0.2) is 4.90 Å². The molecule has 0 aliphatic carbocycles. The van der Waals surface area contributed by atoms with E-state index in [1.54, 1.807) is 36.4 Å². The number of anilines is 1. The molecule has 8 heteroatoms. The fraction of sp³-hybridized carbons (Fsp3) is 0.297. The Morgan fingerprint density at radius 3 is 1.89 bits per heavy atom. The molecule has 3 atom stereocenters. The van der Waals surface area contributed by atoms with Crippen LogP contribution in [0.25, 0.3) is 0 Å². The van der Waals surface area contributed by atoms with Crippen LogP contribution in [-0.2, 0) is 22.6 Å². The number of carbonyl (C=O) groups excluding carboxylic acids is 2. The van der Waals surface area contributed by atoms with Crippen molar-refractivity contribution in [2.45, 2.75) is 38.1 Å². The van der Waals surface area contributed by atoms with E-state index in [0.29, 0.717) is 23.2 Å². The van der Waals surface area contributed by atoms with E-state index in [0.717, 1.165) is 56.0 Å². The van der Waals surface area contributed by atoms with Gasteiger partial charge >= 0.3 is 0 Å². The Labute approximate surface area is 263 Å². The van der Waals surface area contributed by atoms with E-state index in [1.165, 1.54) is 10.5 Å². The molecule has 0 radical (unpaired) electrons. The molecule has 3 aliphatic heterocycles. The Balaban J connectivity index is 1.05. The van der Waals surface area contributed by atoms with Crippen molar-refractivity contribution in [2.75, 3.05) is 37.6 Å². The van der Waals surface area contributed by atoms with Crippen molar-refractivity contribution in [2.24, 2.45) is 0 Å². The average molecular weight is 604 g/mol. The predicted molar refractivity (Wildman–Crippen MR) is 171 cm³/mol. The standard InChI is InChI=1S/C37H37N3O5/c41-25-27-10-12-28(13-11-27)34-22-31(24-39-20-18-38(19-21-39)23-26-6-2-1-3-7-26)44-37(45-34)29-14-16-30(17-15-29)40-35(42)32-8-4-5-9-33(32)36(40)43/h1-17,31,34,37,41H,18-25H2. The van der Waals surface area contributed by atoms with Gasteiger partial charge in [-0.05, 0) is 41.0 Å². The van der Waals surface area contributed by atoms with Gasteiger partial charge in [0, 0.05) is 51.3 Å². The first-order valence-electron chi connectivity index (χ1n) is 15.6. The zero-order chi connectivity index (χ0) is 30.8. The quantitative estimate of drug-likeness (QED) is 0.272. The summed E-state index contributed by atoms with van der Waals surface area (Å²) in [6, 6.07) is 32.7. The summed E-state index contributed by atoms with van der Waals surface area (Å²) >= 11 is 0. The first-order valence-corrected chi connectivity index (χ1v) is 15.6. The van der Waals surface area contributed by atoms with Gasteiger partial charge in [-0.2, -0.15) is 0 Å². The predicted octanol–water partition coefficient (Wildman–Crippen LogP) is 5.34. The number of fused-ring (bicyclic) bond motifs is 1. The molecule has 2 saturated heterocycles. The van der Waals surface area contributed by atoms with E-state index >= 15 is 0 Å². The summed E-state index contributed by atoms with van der Waals surface area (Å²) in [5.41, 5.74) is 5.42. The minimum Gasteiger partial charge on any atom is -0.392 e. The average Bonchev–Trinajstić information content (AvgIpc) is 3.35. The van der Waals surface area contributed by atoms with Gasteiger partial charge < -0.3 is 14.6 Å². The number of rotatable bonds is 8. The molecule has 3 heterocycles. The molecule has 0 spiro atoms. The van der Waals surface area contributed by atoms with E-state index < -0.39 is 6.29 Å². The third kappa shape index (κ3) is 6.33. The number of hydrogen-bond donors (Lipinski definition) is 1. The zero-order valence-corrected chi connectivity index (χ0v) is 25.1. The first kappa shape index (κ1) is 29.5. The molecular formula is C37H37N3O5. The maximum Gasteiger partial charge on any atom is 0.266 e. The lowest BCUT2D eigenvalue weighted by molar-refractivity contribution is -0.253. The van der Waals surface area contributed by atoms with Crippen LogP contribution in [0.5, 0.6) is 0 Å². The summed E-state index contributed by atoms with van der Waals surface area (Å²) in [5.74, 6) is -0.632. The van der Waals surface area contributed by atoms with Crippen LogP contribution in [0, 0.1) is 0 Å². The molecule has 8 nitrogen and oxygen atoms in total. The highest BCUT2D eigenvalue weighted by Crippen LogP contribution is 2.39. The number of aliphatic hydroxyl groups excluding tert-OH is 1. The molecule has 0 aromatic heterocycles. The molecule has 0 bridgehead atoms. The van der Waals surface area contributed by atoms with Crippen molar-refractivity contribution in [3.63, 3.8) is 0 Å². The van der Waals surface area contributed by atoms with Crippen LogP contribution in [0.2, 0.25) is 0 Å². The van der Waals surface area contributed by atoms with Crippen molar-refractivity contribution >= 4 is 17.5 Å². The van der Waals surface area contributed by atoms with Crippen LogP contribution in [-0.4, -0.2) is 65.5 Å². The lowest BCUT2D eigenvalue weighted by Crippen LogP contribution is -2.49. The minimum atomic E-state index is -0.609. The second kappa shape index (κ2) is 13.0. The number of nitrogens with zero attached hydrogens (tertiary/aromatic N) is 3. The Hall–Kier alpha value is -4.18. The Bertz CT molecular complexity index is 1600. The first-order chi connectivity index (χ1) is 22.1. The van der Waals surface area contributed by atoms with E-state index in [-0.39, 0.29) is 30.6 Å². The molecule has 3 unspecified atom stereocenters. The van der Waals surface area contributed by atoms with Gasteiger partial charge in [0.15, 0.2) is 6.29 Å². The van der Waals surface area contributed by atoms with Gasteiger partial charge in [0.05, 0.1) is 35.6 Å². The summed E-state index contributed by atoms with van der Waals surface area (Å²) in [6.07, 6.45) is -0.131.